The Labute approximate surface area is 90.4 Å². The van der Waals surface area contributed by atoms with Crippen LogP contribution in [0.2, 0.25) is 0 Å². The Morgan fingerprint density at radius 1 is 1.47 bits per heavy atom. The van der Waals surface area contributed by atoms with Gasteiger partial charge in [0, 0.05) is 13.5 Å². The maximum absolute atomic E-state index is 10.7. The lowest BCUT2D eigenvalue weighted by Gasteiger charge is -2.06. The molecule has 0 heterocycles. The maximum Gasteiger partial charge on any atom is 0.216 e. The average molecular weight is 207 g/mol. The van der Waals surface area contributed by atoms with E-state index in [0.29, 0.717) is 13.2 Å². The molecule has 0 spiro atoms. The van der Waals surface area contributed by atoms with Crippen LogP contribution in [-0.4, -0.2) is 19.1 Å². The molecule has 3 nitrogen and oxygen atoms in total. The summed E-state index contributed by atoms with van der Waals surface area (Å²) in [6.07, 6.45) is 0.834. The van der Waals surface area contributed by atoms with Gasteiger partial charge in [0.1, 0.15) is 5.75 Å². The molecule has 82 valence electrons. The molecule has 1 amide bonds. The zero-order valence-electron chi connectivity index (χ0n) is 9.25. The van der Waals surface area contributed by atoms with Crippen LogP contribution < -0.4 is 10.1 Å². The molecule has 0 saturated heterocycles. The fraction of sp³-hybridized carbons (Fsp3) is 0.417. The highest BCUT2D eigenvalue weighted by Crippen LogP contribution is 2.13. The number of amides is 1. The molecule has 0 aromatic heterocycles. The molecule has 0 aliphatic heterocycles. The molecule has 0 bridgehead atoms. The van der Waals surface area contributed by atoms with Crippen LogP contribution in [0.3, 0.4) is 0 Å². The first-order valence-corrected chi connectivity index (χ1v) is 5.18. The summed E-state index contributed by atoms with van der Waals surface area (Å²) in [4.78, 5) is 10.7. The third-order valence-electron chi connectivity index (χ3n) is 2.00. The molecule has 0 unspecified atom stereocenters. The van der Waals surface area contributed by atoms with Crippen LogP contribution in [0.1, 0.15) is 19.4 Å². The predicted molar refractivity (Wildman–Crippen MR) is 60.0 cm³/mol. The average Bonchev–Trinajstić information content (AvgIpc) is 2.18. The van der Waals surface area contributed by atoms with Crippen LogP contribution >= 0.6 is 0 Å². The van der Waals surface area contributed by atoms with Crippen LogP contribution in [0.15, 0.2) is 24.3 Å². The molecule has 1 aromatic rings. The number of rotatable bonds is 5. The zero-order chi connectivity index (χ0) is 11.1. The van der Waals surface area contributed by atoms with Gasteiger partial charge in [-0.05, 0) is 31.0 Å². The Kier molecular flexibility index (Phi) is 4.68. The molecule has 0 radical (unpaired) electrons. The second kappa shape index (κ2) is 6.06. The smallest absolute Gasteiger partial charge is 0.216 e. The van der Waals surface area contributed by atoms with Gasteiger partial charge in [-0.2, -0.15) is 0 Å². The summed E-state index contributed by atoms with van der Waals surface area (Å²) in [7, 11) is 0. The molecule has 0 saturated carbocycles. The van der Waals surface area contributed by atoms with Crippen molar-refractivity contribution >= 4 is 5.91 Å². The summed E-state index contributed by atoms with van der Waals surface area (Å²) in [5.74, 6) is 0.897. The van der Waals surface area contributed by atoms with Crippen molar-refractivity contribution < 1.29 is 9.53 Å². The van der Waals surface area contributed by atoms with Crippen molar-refractivity contribution in [2.45, 2.75) is 20.3 Å². The Hall–Kier alpha value is -1.51. The first-order valence-electron chi connectivity index (χ1n) is 5.18. The van der Waals surface area contributed by atoms with Crippen LogP contribution in [0.25, 0.3) is 0 Å². The van der Waals surface area contributed by atoms with Crippen molar-refractivity contribution in [1.29, 1.82) is 0 Å². The van der Waals surface area contributed by atoms with Crippen molar-refractivity contribution in [3.05, 3.63) is 29.8 Å². The van der Waals surface area contributed by atoms with Crippen LogP contribution in [0, 0.1) is 0 Å². The third kappa shape index (κ3) is 4.49. The SMILES string of the molecule is CCOc1cccc(CCNC(C)=O)c1. The standard InChI is InChI=1S/C12H17NO2/c1-3-15-12-6-4-5-11(9-12)7-8-13-10(2)14/h4-6,9H,3,7-8H2,1-2H3,(H,13,14). The maximum atomic E-state index is 10.7. The molecule has 0 atom stereocenters. The van der Waals surface area contributed by atoms with Gasteiger partial charge >= 0.3 is 0 Å². The van der Waals surface area contributed by atoms with E-state index >= 15 is 0 Å². The fourth-order valence-electron chi connectivity index (χ4n) is 1.34. The number of benzene rings is 1. The quantitative estimate of drug-likeness (QED) is 0.799. The number of hydrogen-bond acceptors (Lipinski definition) is 2. The lowest BCUT2D eigenvalue weighted by Crippen LogP contribution is -2.22. The van der Waals surface area contributed by atoms with Gasteiger partial charge in [0.2, 0.25) is 5.91 Å². The second-order valence-corrected chi connectivity index (χ2v) is 3.31. The Morgan fingerprint density at radius 2 is 2.27 bits per heavy atom. The molecular weight excluding hydrogens is 190 g/mol. The lowest BCUT2D eigenvalue weighted by molar-refractivity contribution is -0.118. The van der Waals surface area contributed by atoms with E-state index in [4.69, 9.17) is 4.74 Å². The van der Waals surface area contributed by atoms with E-state index in [9.17, 15) is 4.79 Å². The molecule has 1 aromatic carbocycles. The van der Waals surface area contributed by atoms with E-state index in [1.165, 1.54) is 12.5 Å². The highest BCUT2D eigenvalue weighted by molar-refractivity contribution is 5.72. The van der Waals surface area contributed by atoms with Gasteiger partial charge in [-0.3, -0.25) is 4.79 Å². The lowest BCUT2D eigenvalue weighted by atomic mass is 10.1. The highest BCUT2D eigenvalue weighted by atomic mass is 16.5. The Morgan fingerprint density at radius 3 is 2.93 bits per heavy atom. The summed E-state index contributed by atoms with van der Waals surface area (Å²) < 4.78 is 5.39. The number of ether oxygens (including phenoxy) is 1. The first-order chi connectivity index (χ1) is 7.22. The molecule has 15 heavy (non-hydrogen) atoms. The minimum absolute atomic E-state index is 0.0102. The normalized spacial score (nSPS) is 9.73. The van der Waals surface area contributed by atoms with Crippen molar-refractivity contribution in [3.8, 4) is 5.75 Å². The highest BCUT2D eigenvalue weighted by Gasteiger charge is 1.97. The van der Waals surface area contributed by atoms with E-state index in [-0.39, 0.29) is 5.91 Å². The molecule has 1 N–H and O–H groups in total. The van der Waals surface area contributed by atoms with Gasteiger partial charge in [0.25, 0.3) is 0 Å². The molecule has 0 aliphatic rings. The molecular formula is C12H17NO2. The minimum atomic E-state index is 0.0102. The summed E-state index contributed by atoms with van der Waals surface area (Å²) in [6, 6.07) is 7.94. The van der Waals surface area contributed by atoms with E-state index in [1.54, 1.807) is 0 Å². The molecule has 0 fully saturated rings. The minimum Gasteiger partial charge on any atom is -0.494 e. The Balaban J connectivity index is 2.46. The summed E-state index contributed by atoms with van der Waals surface area (Å²) in [5, 5.41) is 2.77. The van der Waals surface area contributed by atoms with Gasteiger partial charge in [0.05, 0.1) is 6.61 Å². The van der Waals surface area contributed by atoms with E-state index < -0.39 is 0 Å². The summed E-state index contributed by atoms with van der Waals surface area (Å²) in [6.45, 7) is 4.83. The largest absolute Gasteiger partial charge is 0.494 e. The van der Waals surface area contributed by atoms with Gasteiger partial charge in [-0.25, -0.2) is 0 Å². The fourth-order valence-corrected chi connectivity index (χ4v) is 1.34. The first kappa shape index (κ1) is 11.6. The van der Waals surface area contributed by atoms with Crippen molar-refractivity contribution in [1.82, 2.24) is 5.32 Å². The monoisotopic (exact) mass is 207 g/mol. The van der Waals surface area contributed by atoms with E-state index in [1.807, 2.05) is 31.2 Å². The molecule has 0 aliphatic carbocycles. The van der Waals surface area contributed by atoms with Crippen LogP contribution in [-0.2, 0) is 11.2 Å². The summed E-state index contributed by atoms with van der Waals surface area (Å²) >= 11 is 0. The van der Waals surface area contributed by atoms with Gasteiger partial charge in [-0.15, -0.1) is 0 Å². The number of carbonyl (C=O) groups excluding carboxylic acids is 1. The molecule has 3 heteroatoms. The number of nitrogens with one attached hydrogen (secondary N) is 1. The van der Waals surface area contributed by atoms with Gasteiger partial charge in [0.15, 0.2) is 0 Å². The van der Waals surface area contributed by atoms with Crippen LogP contribution in [0.4, 0.5) is 0 Å². The van der Waals surface area contributed by atoms with Gasteiger partial charge < -0.3 is 10.1 Å². The third-order valence-corrected chi connectivity index (χ3v) is 2.00. The number of carbonyl (C=O) groups is 1. The van der Waals surface area contributed by atoms with E-state index in [2.05, 4.69) is 5.32 Å². The molecule has 1 rings (SSSR count). The number of hydrogen-bond donors (Lipinski definition) is 1. The van der Waals surface area contributed by atoms with Gasteiger partial charge in [-0.1, -0.05) is 12.1 Å². The van der Waals surface area contributed by atoms with Crippen LogP contribution in [0.5, 0.6) is 5.75 Å². The second-order valence-electron chi connectivity index (χ2n) is 3.31. The summed E-state index contributed by atoms with van der Waals surface area (Å²) in [5.41, 5.74) is 1.18. The predicted octanol–water partition coefficient (Wildman–Crippen LogP) is 1.76. The Bertz CT molecular complexity index is 323. The topological polar surface area (TPSA) is 38.3 Å². The van der Waals surface area contributed by atoms with Crippen molar-refractivity contribution in [2.75, 3.05) is 13.2 Å². The van der Waals surface area contributed by atoms with Crippen molar-refractivity contribution in [2.24, 2.45) is 0 Å². The van der Waals surface area contributed by atoms with E-state index in [0.717, 1.165) is 12.2 Å². The zero-order valence-corrected chi connectivity index (χ0v) is 9.25. The van der Waals surface area contributed by atoms with Crippen molar-refractivity contribution in [3.63, 3.8) is 0 Å².